The molecule has 4 aromatic rings. The Bertz CT molecular complexity index is 1610. The SMILES string of the molecule is CC[C@H](NS(=O)(=O)c1ccc(C)cc1)C(=O)Oc1cc(C)cc2oc(=O)c(Cc3ccccc3)c(C)c12. The molecule has 0 fully saturated rings. The maximum Gasteiger partial charge on any atom is 0.340 e. The normalized spacial score (nSPS) is 12.4. The highest BCUT2D eigenvalue weighted by Crippen LogP contribution is 2.32. The van der Waals surface area contributed by atoms with Crippen LogP contribution in [0.15, 0.2) is 80.8 Å². The Labute approximate surface area is 216 Å². The highest BCUT2D eigenvalue weighted by molar-refractivity contribution is 7.89. The molecule has 0 amide bonds. The molecule has 7 nitrogen and oxygen atoms in total. The van der Waals surface area contributed by atoms with Crippen LogP contribution < -0.4 is 15.1 Å². The monoisotopic (exact) mass is 519 g/mol. The van der Waals surface area contributed by atoms with Crippen LogP contribution in [0.1, 0.15) is 41.2 Å². The van der Waals surface area contributed by atoms with Gasteiger partial charge in [0.1, 0.15) is 17.4 Å². The van der Waals surface area contributed by atoms with Gasteiger partial charge in [-0.1, -0.05) is 55.0 Å². The average molecular weight is 520 g/mol. The van der Waals surface area contributed by atoms with Gasteiger partial charge in [0.05, 0.1) is 10.3 Å². The number of nitrogens with one attached hydrogen (secondary N) is 1. The topological polar surface area (TPSA) is 103 Å². The Morgan fingerprint density at radius 1 is 0.973 bits per heavy atom. The Hall–Kier alpha value is -3.75. The number of rotatable bonds is 8. The van der Waals surface area contributed by atoms with Gasteiger partial charge < -0.3 is 9.15 Å². The van der Waals surface area contributed by atoms with Gasteiger partial charge in [-0.3, -0.25) is 0 Å². The lowest BCUT2D eigenvalue weighted by Crippen LogP contribution is -2.42. The molecule has 0 aliphatic heterocycles. The standard InChI is InChI=1S/C29H29NO6S/c1-5-24(30-37(33,34)22-13-11-18(2)12-14-22)29(32)36-26-16-19(3)15-25-27(26)20(4)23(28(31)35-25)17-21-9-7-6-8-10-21/h6-16,24,30H,5,17H2,1-4H3/t24-/m0/s1. The first kappa shape index (κ1) is 26.3. The second-order valence-electron chi connectivity index (χ2n) is 9.11. The summed E-state index contributed by atoms with van der Waals surface area (Å²) in [5.41, 5.74) is 3.55. The van der Waals surface area contributed by atoms with E-state index in [1.54, 1.807) is 45.0 Å². The summed E-state index contributed by atoms with van der Waals surface area (Å²) in [6.07, 6.45) is 0.543. The third-order valence-corrected chi connectivity index (χ3v) is 7.73. The second kappa shape index (κ2) is 10.7. The first-order chi connectivity index (χ1) is 17.6. The van der Waals surface area contributed by atoms with Gasteiger partial charge in [-0.05, 0) is 68.1 Å². The number of hydrogen-bond acceptors (Lipinski definition) is 6. The summed E-state index contributed by atoms with van der Waals surface area (Å²) in [4.78, 5) is 26.1. The van der Waals surface area contributed by atoms with Crippen molar-refractivity contribution >= 4 is 27.0 Å². The number of aryl methyl sites for hydroxylation is 3. The number of hydrogen-bond donors (Lipinski definition) is 1. The molecule has 0 spiro atoms. The molecular weight excluding hydrogens is 490 g/mol. The fraction of sp³-hybridized carbons (Fsp3) is 0.241. The van der Waals surface area contributed by atoms with E-state index in [0.717, 1.165) is 16.7 Å². The summed E-state index contributed by atoms with van der Waals surface area (Å²) >= 11 is 0. The third-order valence-electron chi connectivity index (χ3n) is 6.24. The lowest BCUT2D eigenvalue weighted by atomic mass is 9.98. The molecule has 3 aromatic carbocycles. The Morgan fingerprint density at radius 2 is 1.65 bits per heavy atom. The number of benzene rings is 3. The number of carbonyl (C=O) groups excluding carboxylic acids is 1. The van der Waals surface area contributed by atoms with E-state index in [-0.39, 0.29) is 17.1 Å². The Balaban J connectivity index is 1.68. The van der Waals surface area contributed by atoms with Crippen LogP contribution in [0.25, 0.3) is 11.0 Å². The summed E-state index contributed by atoms with van der Waals surface area (Å²) in [6, 6.07) is 18.2. The molecule has 1 N–H and O–H groups in total. The van der Waals surface area contributed by atoms with Gasteiger partial charge in [0, 0.05) is 12.0 Å². The lowest BCUT2D eigenvalue weighted by Gasteiger charge is -2.18. The van der Waals surface area contributed by atoms with Gasteiger partial charge >= 0.3 is 11.6 Å². The van der Waals surface area contributed by atoms with E-state index < -0.39 is 27.7 Å². The summed E-state index contributed by atoms with van der Waals surface area (Å²) in [5, 5.41) is 0.501. The Kier molecular flexibility index (Phi) is 7.61. The van der Waals surface area contributed by atoms with Crippen molar-refractivity contribution < 1.29 is 22.4 Å². The summed E-state index contributed by atoms with van der Waals surface area (Å²) in [7, 11) is -3.94. The molecule has 0 aliphatic carbocycles. The second-order valence-corrected chi connectivity index (χ2v) is 10.8. The highest BCUT2D eigenvalue weighted by atomic mass is 32.2. The summed E-state index contributed by atoms with van der Waals surface area (Å²) in [6.45, 7) is 7.14. The van der Waals surface area contributed by atoms with E-state index >= 15 is 0 Å². The fourth-order valence-corrected chi connectivity index (χ4v) is 5.44. The van der Waals surface area contributed by atoms with Gasteiger partial charge in [0.25, 0.3) is 0 Å². The fourth-order valence-electron chi connectivity index (χ4n) is 4.17. The van der Waals surface area contributed by atoms with Crippen LogP contribution >= 0.6 is 0 Å². The molecule has 8 heteroatoms. The molecule has 1 heterocycles. The number of esters is 1. The lowest BCUT2D eigenvalue weighted by molar-refractivity contribution is -0.136. The minimum atomic E-state index is -3.94. The van der Waals surface area contributed by atoms with Crippen molar-refractivity contribution in [2.75, 3.05) is 0 Å². The maximum absolute atomic E-state index is 13.2. The highest BCUT2D eigenvalue weighted by Gasteiger charge is 2.27. The quantitative estimate of drug-likeness (QED) is 0.200. The molecular formula is C29H29NO6S. The van der Waals surface area contributed by atoms with Crippen LogP contribution in [0.4, 0.5) is 0 Å². The van der Waals surface area contributed by atoms with Crippen LogP contribution in [0, 0.1) is 20.8 Å². The molecule has 192 valence electrons. The maximum atomic E-state index is 13.2. The van der Waals surface area contributed by atoms with Crippen LogP contribution in [-0.4, -0.2) is 20.4 Å². The number of ether oxygens (including phenoxy) is 1. The van der Waals surface area contributed by atoms with E-state index in [1.807, 2.05) is 37.3 Å². The number of carbonyl (C=O) groups is 1. The molecule has 0 saturated carbocycles. The van der Waals surface area contributed by atoms with Crippen LogP contribution in [0.2, 0.25) is 0 Å². The minimum absolute atomic E-state index is 0.0635. The number of sulfonamides is 1. The van der Waals surface area contributed by atoms with Crippen LogP contribution in [0.5, 0.6) is 5.75 Å². The largest absolute Gasteiger partial charge is 0.425 e. The van der Waals surface area contributed by atoms with Crippen molar-refractivity contribution in [1.82, 2.24) is 4.72 Å². The van der Waals surface area contributed by atoms with Crippen molar-refractivity contribution in [3.05, 3.63) is 105 Å². The van der Waals surface area contributed by atoms with Crippen LogP contribution in [-0.2, 0) is 21.2 Å². The van der Waals surface area contributed by atoms with E-state index in [9.17, 15) is 18.0 Å². The van der Waals surface area contributed by atoms with Crippen molar-refractivity contribution in [1.29, 1.82) is 0 Å². The van der Waals surface area contributed by atoms with Gasteiger partial charge in [0.15, 0.2) is 0 Å². The smallest absolute Gasteiger partial charge is 0.340 e. The van der Waals surface area contributed by atoms with Crippen molar-refractivity contribution in [2.45, 2.75) is 51.5 Å². The van der Waals surface area contributed by atoms with Gasteiger partial charge in [-0.25, -0.2) is 18.0 Å². The molecule has 0 unspecified atom stereocenters. The molecule has 1 atom stereocenters. The van der Waals surface area contributed by atoms with Crippen molar-refractivity contribution in [2.24, 2.45) is 0 Å². The average Bonchev–Trinajstić information content (AvgIpc) is 2.85. The van der Waals surface area contributed by atoms with E-state index in [0.29, 0.717) is 28.5 Å². The van der Waals surface area contributed by atoms with E-state index in [1.165, 1.54) is 12.1 Å². The summed E-state index contributed by atoms with van der Waals surface area (Å²) in [5.74, 6) is -0.538. The van der Waals surface area contributed by atoms with Gasteiger partial charge in [0.2, 0.25) is 10.0 Å². The van der Waals surface area contributed by atoms with Gasteiger partial charge in [-0.2, -0.15) is 4.72 Å². The minimum Gasteiger partial charge on any atom is -0.425 e. The molecule has 0 bridgehead atoms. The Morgan fingerprint density at radius 3 is 2.30 bits per heavy atom. The van der Waals surface area contributed by atoms with Crippen molar-refractivity contribution in [3.63, 3.8) is 0 Å². The molecule has 37 heavy (non-hydrogen) atoms. The van der Waals surface area contributed by atoms with Crippen LogP contribution in [0.3, 0.4) is 0 Å². The molecule has 4 rings (SSSR count). The molecule has 0 radical (unpaired) electrons. The first-order valence-electron chi connectivity index (χ1n) is 12.0. The van der Waals surface area contributed by atoms with E-state index in [2.05, 4.69) is 4.72 Å². The predicted molar refractivity (Wildman–Crippen MR) is 142 cm³/mol. The number of fused-ring (bicyclic) bond motifs is 1. The molecule has 0 saturated heterocycles. The van der Waals surface area contributed by atoms with E-state index in [4.69, 9.17) is 9.15 Å². The van der Waals surface area contributed by atoms with Gasteiger partial charge in [-0.15, -0.1) is 0 Å². The van der Waals surface area contributed by atoms with Crippen molar-refractivity contribution in [3.8, 4) is 5.75 Å². The zero-order valence-corrected chi connectivity index (χ0v) is 22.0. The first-order valence-corrected chi connectivity index (χ1v) is 13.5. The third kappa shape index (κ3) is 5.81. The zero-order chi connectivity index (χ0) is 26.7. The molecule has 0 aliphatic rings. The zero-order valence-electron chi connectivity index (χ0n) is 21.2. The molecule has 1 aromatic heterocycles. The summed E-state index contributed by atoms with van der Waals surface area (Å²) < 4.78 is 39.6. The predicted octanol–water partition coefficient (Wildman–Crippen LogP) is 4.97.